The predicted molar refractivity (Wildman–Crippen MR) is 65.3 cm³/mol. The number of rotatable bonds is 3. The molecule has 0 aliphatic carbocycles. The molecule has 0 bridgehead atoms. The molecule has 5 heteroatoms. The summed E-state index contributed by atoms with van der Waals surface area (Å²) in [5.74, 6) is 1.14. The van der Waals surface area contributed by atoms with Gasteiger partial charge in [0.1, 0.15) is 0 Å². The molecule has 2 aliphatic heterocycles. The predicted octanol–water partition coefficient (Wildman–Crippen LogP) is 0.105. The van der Waals surface area contributed by atoms with E-state index in [-0.39, 0.29) is 0 Å². The van der Waals surface area contributed by atoms with Gasteiger partial charge in [-0.15, -0.1) is 0 Å². The molecule has 0 aromatic carbocycles. The first-order valence-electron chi connectivity index (χ1n) is 6.17. The highest BCUT2D eigenvalue weighted by Gasteiger charge is 2.28. The molecule has 0 aromatic rings. The van der Waals surface area contributed by atoms with Crippen molar-refractivity contribution < 1.29 is 8.42 Å². The number of piperidine rings is 1. The van der Waals surface area contributed by atoms with Gasteiger partial charge >= 0.3 is 0 Å². The Morgan fingerprint density at radius 1 is 1.25 bits per heavy atom. The standard InChI is InChI=1S/C11H22N2O2S/c1-13-5-2-11(3-6-13)12-8-10-4-7-16(14,15)9-10/h10-12H,2-9H2,1H3. The fraction of sp³-hybridized carbons (Fsp3) is 1.00. The van der Waals surface area contributed by atoms with E-state index >= 15 is 0 Å². The SMILES string of the molecule is CN1CCC(NCC2CCS(=O)(=O)C2)CC1. The van der Waals surface area contributed by atoms with Gasteiger partial charge in [-0.05, 0) is 51.9 Å². The molecule has 0 aromatic heterocycles. The molecule has 16 heavy (non-hydrogen) atoms. The average molecular weight is 246 g/mol. The van der Waals surface area contributed by atoms with Gasteiger partial charge in [0.05, 0.1) is 11.5 Å². The van der Waals surface area contributed by atoms with Gasteiger partial charge in [0.2, 0.25) is 0 Å². The Hall–Kier alpha value is -0.130. The van der Waals surface area contributed by atoms with Crippen molar-refractivity contribution in [2.45, 2.75) is 25.3 Å². The van der Waals surface area contributed by atoms with Crippen molar-refractivity contribution in [1.82, 2.24) is 10.2 Å². The zero-order valence-electron chi connectivity index (χ0n) is 9.98. The van der Waals surface area contributed by atoms with E-state index in [1.165, 1.54) is 12.8 Å². The molecule has 2 heterocycles. The minimum absolute atomic E-state index is 0.352. The summed E-state index contributed by atoms with van der Waals surface area (Å²) in [6.07, 6.45) is 3.23. The Balaban J connectivity index is 1.68. The Labute approximate surface area is 98.3 Å². The van der Waals surface area contributed by atoms with E-state index in [1.807, 2.05) is 0 Å². The number of hydrogen-bond donors (Lipinski definition) is 1. The van der Waals surface area contributed by atoms with Crippen LogP contribution >= 0.6 is 0 Å². The van der Waals surface area contributed by atoms with Crippen LogP contribution in [0.1, 0.15) is 19.3 Å². The molecule has 2 rings (SSSR count). The number of likely N-dealkylation sites (tertiary alicyclic amines) is 1. The second kappa shape index (κ2) is 5.02. The minimum Gasteiger partial charge on any atom is -0.314 e. The third-order valence-electron chi connectivity index (χ3n) is 3.74. The molecule has 0 saturated carbocycles. The third kappa shape index (κ3) is 3.43. The van der Waals surface area contributed by atoms with Crippen molar-refractivity contribution >= 4 is 9.84 Å². The summed E-state index contributed by atoms with van der Waals surface area (Å²) in [4.78, 5) is 2.35. The number of nitrogens with zero attached hydrogens (tertiary/aromatic N) is 1. The third-order valence-corrected chi connectivity index (χ3v) is 5.58. The van der Waals surface area contributed by atoms with Crippen molar-refractivity contribution in [3.63, 3.8) is 0 Å². The maximum absolute atomic E-state index is 11.3. The van der Waals surface area contributed by atoms with Crippen molar-refractivity contribution in [3.8, 4) is 0 Å². The lowest BCUT2D eigenvalue weighted by molar-refractivity contribution is 0.231. The fourth-order valence-electron chi connectivity index (χ4n) is 2.58. The molecule has 1 atom stereocenters. The van der Waals surface area contributed by atoms with Crippen molar-refractivity contribution in [2.24, 2.45) is 5.92 Å². The number of sulfone groups is 1. The first kappa shape index (κ1) is 12.3. The van der Waals surface area contributed by atoms with Gasteiger partial charge in [0, 0.05) is 6.04 Å². The second-order valence-corrected chi connectivity index (χ2v) is 7.48. The normalized spacial score (nSPS) is 31.9. The molecule has 94 valence electrons. The Bertz CT molecular complexity index is 321. The van der Waals surface area contributed by atoms with Crippen LogP contribution in [0.25, 0.3) is 0 Å². The van der Waals surface area contributed by atoms with Crippen LogP contribution in [0.4, 0.5) is 0 Å². The van der Waals surface area contributed by atoms with Gasteiger partial charge < -0.3 is 10.2 Å². The molecule has 2 saturated heterocycles. The molecule has 2 aliphatic rings. The van der Waals surface area contributed by atoms with Gasteiger partial charge in [-0.2, -0.15) is 0 Å². The smallest absolute Gasteiger partial charge is 0.150 e. The van der Waals surface area contributed by atoms with Crippen LogP contribution in [0.15, 0.2) is 0 Å². The molecule has 1 N–H and O–H groups in total. The molecular formula is C11H22N2O2S. The largest absolute Gasteiger partial charge is 0.314 e. The highest BCUT2D eigenvalue weighted by Crippen LogP contribution is 2.18. The topological polar surface area (TPSA) is 49.4 Å². The molecule has 1 unspecified atom stereocenters. The van der Waals surface area contributed by atoms with Gasteiger partial charge in [0.25, 0.3) is 0 Å². The lowest BCUT2D eigenvalue weighted by Gasteiger charge is -2.30. The van der Waals surface area contributed by atoms with Gasteiger partial charge in [0.15, 0.2) is 9.84 Å². The Morgan fingerprint density at radius 3 is 2.50 bits per heavy atom. The summed E-state index contributed by atoms with van der Waals surface area (Å²) >= 11 is 0. The van der Waals surface area contributed by atoms with E-state index in [0.717, 1.165) is 26.1 Å². The zero-order chi connectivity index (χ0) is 11.6. The molecule has 4 nitrogen and oxygen atoms in total. The maximum Gasteiger partial charge on any atom is 0.150 e. The summed E-state index contributed by atoms with van der Waals surface area (Å²) in [5.41, 5.74) is 0. The summed E-state index contributed by atoms with van der Waals surface area (Å²) in [5, 5.41) is 3.53. The van der Waals surface area contributed by atoms with E-state index in [9.17, 15) is 8.42 Å². The number of hydrogen-bond acceptors (Lipinski definition) is 4. The van der Waals surface area contributed by atoms with Gasteiger partial charge in [-0.3, -0.25) is 0 Å². The van der Waals surface area contributed by atoms with Crippen LogP contribution in [-0.2, 0) is 9.84 Å². The quantitative estimate of drug-likeness (QED) is 0.767. The summed E-state index contributed by atoms with van der Waals surface area (Å²) < 4.78 is 22.6. The monoisotopic (exact) mass is 246 g/mol. The van der Waals surface area contributed by atoms with Crippen LogP contribution in [0, 0.1) is 5.92 Å². The fourth-order valence-corrected chi connectivity index (χ4v) is 4.44. The maximum atomic E-state index is 11.3. The Morgan fingerprint density at radius 2 is 1.94 bits per heavy atom. The van der Waals surface area contributed by atoms with E-state index in [2.05, 4.69) is 17.3 Å². The lowest BCUT2D eigenvalue weighted by Crippen LogP contribution is -2.42. The highest BCUT2D eigenvalue weighted by molar-refractivity contribution is 7.91. The second-order valence-electron chi connectivity index (χ2n) is 5.25. The van der Waals surface area contributed by atoms with Crippen LogP contribution in [0.3, 0.4) is 0 Å². The summed E-state index contributed by atoms with van der Waals surface area (Å²) in [6.45, 7) is 3.19. The molecule has 0 spiro atoms. The van der Waals surface area contributed by atoms with E-state index in [4.69, 9.17) is 0 Å². The molecule has 2 fully saturated rings. The van der Waals surface area contributed by atoms with E-state index in [1.54, 1.807) is 0 Å². The van der Waals surface area contributed by atoms with E-state index in [0.29, 0.717) is 23.5 Å². The van der Waals surface area contributed by atoms with E-state index < -0.39 is 9.84 Å². The first-order chi connectivity index (χ1) is 7.55. The lowest BCUT2D eigenvalue weighted by atomic mass is 10.0. The van der Waals surface area contributed by atoms with Crippen molar-refractivity contribution in [2.75, 3.05) is 38.2 Å². The molecular weight excluding hydrogens is 224 g/mol. The van der Waals surface area contributed by atoms with Crippen LogP contribution < -0.4 is 5.32 Å². The van der Waals surface area contributed by atoms with Gasteiger partial charge in [-0.25, -0.2) is 8.42 Å². The molecule has 0 radical (unpaired) electrons. The van der Waals surface area contributed by atoms with Crippen LogP contribution in [0.5, 0.6) is 0 Å². The summed E-state index contributed by atoms with van der Waals surface area (Å²) in [6, 6.07) is 0.597. The average Bonchev–Trinajstić information content (AvgIpc) is 2.58. The number of nitrogens with one attached hydrogen (secondary N) is 1. The van der Waals surface area contributed by atoms with Crippen LogP contribution in [0.2, 0.25) is 0 Å². The Kier molecular flexibility index (Phi) is 3.87. The van der Waals surface area contributed by atoms with Crippen molar-refractivity contribution in [3.05, 3.63) is 0 Å². The zero-order valence-corrected chi connectivity index (χ0v) is 10.8. The van der Waals surface area contributed by atoms with Gasteiger partial charge in [-0.1, -0.05) is 0 Å². The minimum atomic E-state index is -2.71. The van der Waals surface area contributed by atoms with Crippen LogP contribution in [-0.4, -0.2) is 57.5 Å². The first-order valence-corrected chi connectivity index (χ1v) is 8.00. The highest BCUT2D eigenvalue weighted by atomic mass is 32.2. The summed E-state index contributed by atoms with van der Waals surface area (Å²) in [7, 11) is -0.553. The molecule has 0 amide bonds. The van der Waals surface area contributed by atoms with Crippen molar-refractivity contribution in [1.29, 1.82) is 0 Å².